The van der Waals surface area contributed by atoms with Crippen molar-refractivity contribution in [3.8, 4) is 11.5 Å². The second kappa shape index (κ2) is 5.75. The highest BCUT2D eigenvalue weighted by atomic mass is 16.5. The van der Waals surface area contributed by atoms with E-state index in [0.29, 0.717) is 24.8 Å². The van der Waals surface area contributed by atoms with Gasteiger partial charge in [0, 0.05) is 13.1 Å². The molecule has 0 atom stereocenters. The highest BCUT2D eigenvalue weighted by Gasteiger charge is 2.18. The van der Waals surface area contributed by atoms with Crippen molar-refractivity contribution in [1.82, 2.24) is 9.97 Å². The Hall–Kier alpha value is -2.34. The summed E-state index contributed by atoms with van der Waals surface area (Å²) in [6, 6.07) is 9.55. The minimum absolute atomic E-state index is 0.243. The quantitative estimate of drug-likeness (QED) is 0.916. The number of nitrogen functional groups attached to an aromatic ring is 1. The normalized spacial score (nSPS) is 15.1. The van der Waals surface area contributed by atoms with E-state index in [4.69, 9.17) is 15.2 Å². The Morgan fingerprint density at radius 3 is 2.65 bits per heavy atom. The number of ether oxygens (including phenoxy) is 2. The Balaban J connectivity index is 1.89. The Labute approximate surface area is 117 Å². The standard InChI is InChI=1S/C14H16N4O2/c15-14-16-10-12(20-11-4-2-1-3-5-11)13(17-14)18-6-8-19-9-7-18/h1-5,10H,6-9H2,(H2,15,16,17). The summed E-state index contributed by atoms with van der Waals surface area (Å²) in [4.78, 5) is 10.4. The number of para-hydroxylation sites is 1. The maximum absolute atomic E-state index is 5.85. The van der Waals surface area contributed by atoms with E-state index in [1.54, 1.807) is 6.20 Å². The summed E-state index contributed by atoms with van der Waals surface area (Å²) >= 11 is 0. The van der Waals surface area contributed by atoms with Gasteiger partial charge in [0.15, 0.2) is 11.6 Å². The van der Waals surface area contributed by atoms with E-state index < -0.39 is 0 Å². The molecule has 0 radical (unpaired) electrons. The summed E-state index contributed by atoms with van der Waals surface area (Å²) in [6.07, 6.45) is 1.61. The highest BCUT2D eigenvalue weighted by molar-refractivity contribution is 5.55. The van der Waals surface area contributed by atoms with Crippen LogP contribution in [0, 0.1) is 0 Å². The molecule has 0 bridgehead atoms. The molecule has 1 saturated heterocycles. The number of benzene rings is 1. The molecule has 2 N–H and O–H groups in total. The van der Waals surface area contributed by atoms with Crippen LogP contribution in [0.1, 0.15) is 0 Å². The van der Waals surface area contributed by atoms with Crippen LogP contribution in [0.2, 0.25) is 0 Å². The molecule has 0 saturated carbocycles. The largest absolute Gasteiger partial charge is 0.452 e. The zero-order chi connectivity index (χ0) is 13.8. The van der Waals surface area contributed by atoms with E-state index in [9.17, 15) is 0 Å². The molecule has 104 valence electrons. The molecule has 0 aliphatic carbocycles. The number of aromatic nitrogens is 2. The molecule has 1 aliphatic rings. The van der Waals surface area contributed by atoms with Gasteiger partial charge in [0.2, 0.25) is 5.95 Å². The van der Waals surface area contributed by atoms with Crippen LogP contribution in [-0.4, -0.2) is 36.3 Å². The van der Waals surface area contributed by atoms with Crippen molar-refractivity contribution in [3.63, 3.8) is 0 Å². The van der Waals surface area contributed by atoms with Crippen molar-refractivity contribution in [1.29, 1.82) is 0 Å². The van der Waals surface area contributed by atoms with Crippen LogP contribution in [0.15, 0.2) is 36.5 Å². The van der Waals surface area contributed by atoms with Gasteiger partial charge < -0.3 is 20.1 Å². The Kier molecular flexibility index (Phi) is 3.64. The minimum Gasteiger partial charge on any atom is -0.452 e. The maximum atomic E-state index is 5.85. The van der Waals surface area contributed by atoms with Crippen LogP contribution in [0.4, 0.5) is 11.8 Å². The molecular formula is C14H16N4O2. The van der Waals surface area contributed by atoms with Gasteiger partial charge in [-0.1, -0.05) is 18.2 Å². The number of morpholine rings is 1. The first-order chi connectivity index (χ1) is 9.83. The van der Waals surface area contributed by atoms with Gasteiger partial charge in [-0.05, 0) is 12.1 Å². The maximum Gasteiger partial charge on any atom is 0.222 e. The Morgan fingerprint density at radius 2 is 1.90 bits per heavy atom. The van der Waals surface area contributed by atoms with Crippen LogP contribution >= 0.6 is 0 Å². The number of rotatable bonds is 3. The van der Waals surface area contributed by atoms with Crippen molar-refractivity contribution in [3.05, 3.63) is 36.5 Å². The lowest BCUT2D eigenvalue weighted by Crippen LogP contribution is -2.37. The Morgan fingerprint density at radius 1 is 1.15 bits per heavy atom. The third-order valence-corrected chi connectivity index (χ3v) is 3.04. The first-order valence-electron chi connectivity index (χ1n) is 6.51. The van der Waals surface area contributed by atoms with E-state index in [0.717, 1.165) is 18.8 Å². The number of nitrogens with two attached hydrogens (primary N) is 1. The number of hydrogen-bond donors (Lipinski definition) is 1. The molecule has 0 amide bonds. The number of hydrogen-bond acceptors (Lipinski definition) is 6. The van der Waals surface area contributed by atoms with Gasteiger partial charge in [-0.25, -0.2) is 4.98 Å². The van der Waals surface area contributed by atoms with Gasteiger partial charge in [0.05, 0.1) is 19.4 Å². The van der Waals surface area contributed by atoms with Crippen LogP contribution in [0.5, 0.6) is 11.5 Å². The average Bonchev–Trinajstić information content (AvgIpc) is 2.51. The predicted molar refractivity (Wildman–Crippen MR) is 76.0 cm³/mol. The van der Waals surface area contributed by atoms with Crippen LogP contribution in [0.25, 0.3) is 0 Å². The topological polar surface area (TPSA) is 73.5 Å². The van der Waals surface area contributed by atoms with Crippen molar-refractivity contribution in [2.75, 3.05) is 36.9 Å². The molecule has 2 aromatic rings. The molecule has 6 nitrogen and oxygen atoms in total. The highest BCUT2D eigenvalue weighted by Crippen LogP contribution is 2.30. The third-order valence-electron chi connectivity index (χ3n) is 3.04. The summed E-state index contributed by atoms with van der Waals surface area (Å²) in [5, 5.41) is 0. The van der Waals surface area contributed by atoms with Crippen LogP contribution < -0.4 is 15.4 Å². The lowest BCUT2D eigenvalue weighted by atomic mass is 10.3. The molecule has 1 aromatic heterocycles. The van der Waals surface area contributed by atoms with Gasteiger partial charge in [-0.15, -0.1) is 0 Å². The van der Waals surface area contributed by atoms with Gasteiger partial charge in [0.25, 0.3) is 0 Å². The smallest absolute Gasteiger partial charge is 0.222 e. The van der Waals surface area contributed by atoms with Crippen molar-refractivity contribution in [2.45, 2.75) is 0 Å². The van der Waals surface area contributed by atoms with Crippen molar-refractivity contribution < 1.29 is 9.47 Å². The second-order valence-corrected chi connectivity index (χ2v) is 4.43. The summed E-state index contributed by atoms with van der Waals surface area (Å²) in [6.45, 7) is 2.88. The van der Waals surface area contributed by atoms with Gasteiger partial charge >= 0.3 is 0 Å². The molecule has 0 spiro atoms. The fourth-order valence-corrected chi connectivity index (χ4v) is 2.06. The summed E-state index contributed by atoms with van der Waals surface area (Å²) in [5.74, 6) is 2.30. The van der Waals surface area contributed by atoms with Gasteiger partial charge in [-0.3, -0.25) is 0 Å². The lowest BCUT2D eigenvalue weighted by molar-refractivity contribution is 0.122. The molecule has 6 heteroatoms. The first kappa shape index (κ1) is 12.7. The first-order valence-corrected chi connectivity index (χ1v) is 6.51. The van der Waals surface area contributed by atoms with Crippen molar-refractivity contribution in [2.24, 2.45) is 0 Å². The molecule has 3 rings (SSSR count). The summed E-state index contributed by atoms with van der Waals surface area (Å²) in [5.41, 5.74) is 5.69. The fourth-order valence-electron chi connectivity index (χ4n) is 2.06. The lowest BCUT2D eigenvalue weighted by Gasteiger charge is -2.28. The molecule has 2 heterocycles. The molecular weight excluding hydrogens is 256 g/mol. The molecule has 20 heavy (non-hydrogen) atoms. The zero-order valence-electron chi connectivity index (χ0n) is 11.0. The zero-order valence-corrected chi connectivity index (χ0v) is 11.0. The molecule has 1 aromatic carbocycles. The summed E-state index contributed by atoms with van der Waals surface area (Å²) < 4.78 is 11.2. The van der Waals surface area contributed by atoms with Gasteiger partial charge in [-0.2, -0.15) is 4.98 Å². The van der Waals surface area contributed by atoms with E-state index in [2.05, 4.69) is 14.9 Å². The molecule has 0 unspecified atom stereocenters. The van der Waals surface area contributed by atoms with E-state index in [-0.39, 0.29) is 5.95 Å². The Bertz CT molecular complexity index is 571. The molecule has 1 aliphatic heterocycles. The molecule has 1 fully saturated rings. The number of anilines is 2. The fraction of sp³-hybridized carbons (Fsp3) is 0.286. The minimum atomic E-state index is 0.243. The second-order valence-electron chi connectivity index (χ2n) is 4.43. The third kappa shape index (κ3) is 2.80. The average molecular weight is 272 g/mol. The monoisotopic (exact) mass is 272 g/mol. The number of nitrogens with zero attached hydrogens (tertiary/aromatic N) is 3. The van der Waals surface area contributed by atoms with Crippen molar-refractivity contribution >= 4 is 11.8 Å². The SMILES string of the molecule is Nc1ncc(Oc2ccccc2)c(N2CCOCC2)n1. The van der Waals surface area contributed by atoms with Crippen LogP contribution in [-0.2, 0) is 4.74 Å². The van der Waals surface area contributed by atoms with E-state index in [1.807, 2.05) is 30.3 Å². The summed E-state index contributed by atoms with van der Waals surface area (Å²) in [7, 11) is 0. The predicted octanol–water partition coefficient (Wildman–Crippen LogP) is 1.69. The van der Waals surface area contributed by atoms with Crippen LogP contribution in [0.3, 0.4) is 0 Å². The van der Waals surface area contributed by atoms with E-state index >= 15 is 0 Å². The van der Waals surface area contributed by atoms with Gasteiger partial charge in [0.1, 0.15) is 5.75 Å². The van der Waals surface area contributed by atoms with E-state index in [1.165, 1.54) is 0 Å².